The molecular formula is C15H22FNO. The number of halogens is 1. The predicted octanol–water partition coefficient (Wildman–Crippen LogP) is 4.22. The normalized spacial score (nSPS) is 23.7. The average molecular weight is 251 g/mol. The molecule has 2 nitrogen and oxygen atoms in total. The van der Waals surface area contributed by atoms with Crippen molar-refractivity contribution in [1.82, 2.24) is 0 Å². The summed E-state index contributed by atoms with van der Waals surface area (Å²) >= 11 is 0. The Kier molecular flexibility index (Phi) is 4.45. The van der Waals surface area contributed by atoms with Crippen molar-refractivity contribution in [3.8, 4) is 5.75 Å². The highest BCUT2D eigenvalue weighted by atomic mass is 19.1. The molecule has 1 aromatic rings. The summed E-state index contributed by atoms with van der Waals surface area (Å²) < 4.78 is 18.3. The van der Waals surface area contributed by atoms with Crippen molar-refractivity contribution >= 4 is 5.69 Å². The largest absolute Gasteiger partial charge is 0.494 e. The Bertz CT molecular complexity index is 394. The highest BCUT2D eigenvalue weighted by molar-refractivity contribution is 5.49. The van der Waals surface area contributed by atoms with Gasteiger partial charge in [0.1, 0.15) is 0 Å². The Hall–Kier alpha value is -1.25. The Labute approximate surface area is 109 Å². The lowest BCUT2D eigenvalue weighted by atomic mass is 9.84. The van der Waals surface area contributed by atoms with Gasteiger partial charge in [-0.05, 0) is 30.9 Å². The van der Waals surface area contributed by atoms with Crippen molar-refractivity contribution in [3.05, 3.63) is 24.0 Å². The van der Waals surface area contributed by atoms with Gasteiger partial charge in [-0.2, -0.15) is 0 Å². The molecule has 1 fully saturated rings. The van der Waals surface area contributed by atoms with E-state index in [4.69, 9.17) is 4.74 Å². The molecule has 2 rings (SSSR count). The van der Waals surface area contributed by atoms with Gasteiger partial charge in [-0.25, -0.2) is 4.39 Å². The molecule has 0 heterocycles. The molecule has 0 aromatic heterocycles. The van der Waals surface area contributed by atoms with E-state index >= 15 is 0 Å². The summed E-state index contributed by atoms with van der Waals surface area (Å²) in [6, 6.07) is 5.50. The minimum Gasteiger partial charge on any atom is -0.494 e. The number of hydrogen-bond donors (Lipinski definition) is 1. The summed E-state index contributed by atoms with van der Waals surface area (Å²) in [6.45, 7) is 2.26. The lowest BCUT2D eigenvalue weighted by molar-refractivity contribution is 0.327. The monoisotopic (exact) mass is 251 g/mol. The molecule has 1 aliphatic carbocycles. The molecule has 1 saturated carbocycles. The van der Waals surface area contributed by atoms with Gasteiger partial charge in [-0.1, -0.05) is 26.2 Å². The maximum absolute atomic E-state index is 13.3. The summed E-state index contributed by atoms with van der Waals surface area (Å²) in [6.07, 6.45) is 6.31. The Morgan fingerprint density at radius 1 is 1.39 bits per heavy atom. The minimum absolute atomic E-state index is 0.307. The van der Waals surface area contributed by atoms with E-state index < -0.39 is 0 Å². The van der Waals surface area contributed by atoms with E-state index in [0.29, 0.717) is 11.8 Å². The van der Waals surface area contributed by atoms with Crippen LogP contribution in [-0.4, -0.2) is 13.2 Å². The molecule has 1 aromatic carbocycles. The quantitative estimate of drug-likeness (QED) is 0.865. The van der Waals surface area contributed by atoms with Crippen LogP contribution in [-0.2, 0) is 0 Å². The van der Waals surface area contributed by atoms with Crippen molar-refractivity contribution in [2.45, 2.75) is 45.1 Å². The molecule has 0 radical (unpaired) electrons. The molecule has 1 aliphatic rings. The van der Waals surface area contributed by atoms with Crippen LogP contribution in [0, 0.1) is 11.7 Å². The smallest absolute Gasteiger partial charge is 0.165 e. The first kappa shape index (κ1) is 13.2. The van der Waals surface area contributed by atoms with Gasteiger partial charge in [-0.15, -0.1) is 0 Å². The lowest BCUT2D eigenvalue weighted by Crippen LogP contribution is -2.27. The summed E-state index contributed by atoms with van der Waals surface area (Å²) in [5.74, 6) is 0.833. The van der Waals surface area contributed by atoms with Gasteiger partial charge in [0.05, 0.1) is 7.11 Å². The van der Waals surface area contributed by atoms with Gasteiger partial charge in [0.15, 0.2) is 11.6 Å². The van der Waals surface area contributed by atoms with E-state index in [0.717, 1.165) is 11.6 Å². The van der Waals surface area contributed by atoms with E-state index in [1.807, 2.05) is 0 Å². The molecule has 0 spiro atoms. The van der Waals surface area contributed by atoms with Crippen molar-refractivity contribution in [2.75, 3.05) is 12.4 Å². The molecule has 1 N–H and O–H groups in total. The molecule has 0 saturated heterocycles. The SMILES string of the molecule is CCC1CCCC(Nc2ccc(F)c(OC)c2)C1. The average Bonchev–Trinajstić information content (AvgIpc) is 2.41. The second-order valence-corrected chi connectivity index (χ2v) is 5.13. The molecular weight excluding hydrogens is 229 g/mol. The first-order valence-corrected chi connectivity index (χ1v) is 6.83. The van der Waals surface area contributed by atoms with Crippen LogP contribution < -0.4 is 10.1 Å². The molecule has 18 heavy (non-hydrogen) atoms. The summed E-state index contributed by atoms with van der Waals surface area (Å²) in [5, 5.41) is 3.50. The molecule has 0 amide bonds. The summed E-state index contributed by atoms with van der Waals surface area (Å²) in [5.41, 5.74) is 0.954. The number of hydrogen-bond acceptors (Lipinski definition) is 2. The van der Waals surface area contributed by atoms with E-state index in [1.165, 1.54) is 45.3 Å². The predicted molar refractivity (Wildman–Crippen MR) is 72.6 cm³/mol. The second kappa shape index (κ2) is 6.07. The highest BCUT2D eigenvalue weighted by Crippen LogP contribution is 2.30. The first-order chi connectivity index (χ1) is 8.72. The number of nitrogens with one attached hydrogen (secondary N) is 1. The highest BCUT2D eigenvalue weighted by Gasteiger charge is 2.20. The van der Waals surface area contributed by atoms with Gasteiger partial charge in [0.2, 0.25) is 0 Å². The van der Waals surface area contributed by atoms with Crippen LogP contribution in [0.3, 0.4) is 0 Å². The second-order valence-electron chi connectivity index (χ2n) is 5.13. The van der Waals surface area contributed by atoms with E-state index in [2.05, 4.69) is 12.2 Å². The fourth-order valence-electron chi connectivity index (χ4n) is 2.78. The van der Waals surface area contributed by atoms with Crippen LogP contribution >= 0.6 is 0 Å². The van der Waals surface area contributed by atoms with E-state index in [9.17, 15) is 4.39 Å². The van der Waals surface area contributed by atoms with Crippen LogP contribution in [0.25, 0.3) is 0 Å². The fourth-order valence-corrected chi connectivity index (χ4v) is 2.78. The summed E-state index contributed by atoms with van der Waals surface area (Å²) in [4.78, 5) is 0. The number of benzene rings is 1. The fraction of sp³-hybridized carbons (Fsp3) is 0.600. The van der Waals surface area contributed by atoms with Crippen LogP contribution in [0.4, 0.5) is 10.1 Å². The molecule has 0 bridgehead atoms. The van der Waals surface area contributed by atoms with Gasteiger partial charge in [0, 0.05) is 17.8 Å². The number of rotatable bonds is 4. The third-order valence-electron chi connectivity index (χ3n) is 3.88. The lowest BCUT2D eigenvalue weighted by Gasteiger charge is -2.29. The molecule has 2 atom stereocenters. The molecule has 3 heteroatoms. The third-order valence-corrected chi connectivity index (χ3v) is 3.88. The maximum Gasteiger partial charge on any atom is 0.165 e. The van der Waals surface area contributed by atoms with Crippen LogP contribution in [0.5, 0.6) is 5.75 Å². The number of methoxy groups -OCH3 is 1. The van der Waals surface area contributed by atoms with E-state index in [-0.39, 0.29) is 5.82 Å². The zero-order valence-corrected chi connectivity index (χ0v) is 11.2. The van der Waals surface area contributed by atoms with E-state index in [1.54, 1.807) is 12.1 Å². The van der Waals surface area contributed by atoms with Crippen molar-refractivity contribution in [1.29, 1.82) is 0 Å². The molecule has 2 unspecified atom stereocenters. The zero-order valence-electron chi connectivity index (χ0n) is 11.2. The first-order valence-electron chi connectivity index (χ1n) is 6.83. The molecule has 0 aliphatic heterocycles. The number of ether oxygens (including phenoxy) is 1. The van der Waals surface area contributed by atoms with Crippen LogP contribution in [0.1, 0.15) is 39.0 Å². The van der Waals surface area contributed by atoms with Gasteiger partial charge < -0.3 is 10.1 Å². The minimum atomic E-state index is -0.307. The summed E-state index contributed by atoms with van der Waals surface area (Å²) in [7, 11) is 1.50. The maximum atomic E-state index is 13.3. The number of anilines is 1. The standard InChI is InChI=1S/C15H22FNO/c1-3-11-5-4-6-12(9-11)17-13-7-8-14(16)15(10-13)18-2/h7-8,10-12,17H,3-6,9H2,1-2H3. The molecule has 100 valence electrons. The van der Waals surface area contributed by atoms with Gasteiger partial charge in [0.25, 0.3) is 0 Å². The van der Waals surface area contributed by atoms with Crippen LogP contribution in [0.2, 0.25) is 0 Å². The van der Waals surface area contributed by atoms with Crippen molar-refractivity contribution < 1.29 is 9.13 Å². The topological polar surface area (TPSA) is 21.3 Å². The van der Waals surface area contributed by atoms with Gasteiger partial charge in [-0.3, -0.25) is 0 Å². The van der Waals surface area contributed by atoms with Gasteiger partial charge >= 0.3 is 0 Å². The third kappa shape index (κ3) is 3.15. The Morgan fingerprint density at radius 2 is 2.22 bits per heavy atom. The Morgan fingerprint density at radius 3 is 2.94 bits per heavy atom. The Balaban J connectivity index is 2.00. The van der Waals surface area contributed by atoms with Crippen molar-refractivity contribution in [3.63, 3.8) is 0 Å². The van der Waals surface area contributed by atoms with Crippen molar-refractivity contribution in [2.24, 2.45) is 5.92 Å². The van der Waals surface area contributed by atoms with Crippen LogP contribution in [0.15, 0.2) is 18.2 Å². The zero-order chi connectivity index (χ0) is 13.0.